The molecule has 1 aromatic rings. The second-order valence-corrected chi connectivity index (χ2v) is 4.98. The summed E-state index contributed by atoms with van der Waals surface area (Å²) in [7, 11) is 0. The van der Waals surface area contributed by atoms with Crippen LogP contribution >= 0.6 is 0 Å². The van der Waals surface area contributed by atoms with Crippen molar-refractivity contribution in [2.45, 2.75) is 32.2 Å². The molecule has 1 atom stereocenters. The lowest BCUT2D eigenvalue weighted by Gasteiger charge is -2.30. The van der Waals surface area contributed by atoms with Crippen LogP contribution in [0.4, 0.5) is 5.69 Å². The predicted molar refractivity (Wildman–Crippen MR) is 68.5 cm³/mol. The summed E-state index contributed by atoms with van der Waals surface area (Å²) in [6.07, 6.45) is 1.00. The lowest BCUT2D eigenvalue weighted by molar-refractivity contribution is -0.135. The summed E-state index contributed by atoms with van der Waals surface area (Å²) in [6, 6.07) is 5.14. The molecule has 3 rings (SSSR count). The first-order chi connectivity index (χ1) is 9.08. The smallest absolute Gasteiger partial charge is 0.249 e. The molecule has 2 aliphatic rings. The quantitative estimate of drug-likeness (QED) is 0.754. The number of nitrogens with one attached hydrogen (secondary N) is 1. The summed E-state index contributed by atoms with van der Waals surface area (Å²) in [5, 5.41) is 2.30. The van der Waals surface area contributed by atoms with Crippen LogP contribution in [0.2, 0.25) is 0 Å². The number of imide groups is 1. The van der Waals surface area contributed by atoms with Crippen LogP contribution in [0.15, 0.2) is 18.2 Å². The van der Waals surface area contributed by atoms with E-state index in [9.17, 15) is 14.4 Å². The Balaban J connectivity index is 1.98. The molecule has 0 saturated carbocycles. The molecule has 19 heavy (non-hydrogen) atoms. The summed E-state index contributed by atoms with van der Waals surface area (Å²) in [4.78, 5) is 36.8. The fourth-order valence-electron chi connectivity index (χ4n) is 2.78. The molecule has 0 bridgehead atoms. The highest BCUT2D eigenvalue weighted by Crippen LogP contribution is 2.34. The van der Waals surface area contributed by atoms with E-state index in [0.29, 0.717) is 12.8 Å². The number of fused-ring (bicyclic) bond motifs is 1. The minimum Gasteiger partial charge on any atom is -0.299 e. The third-order valence-corrected chi connectivity index (χ3v) is 3.76. The van der Waals surface area contributed by atoms with Gasteiger partial charge in [0.25, 0.3) is 0 Å². The van der Waals surface area contributed by atoms with E-state index >= 15 is 0 Å². The van der Waals surface area contributed by atoms with Crippen molar-refractivity contribution in [1.82, 2.24) is 5.32 Å². The highest BCUT2D eigenvalue weighted by atomic mass is 16.2. The largest absolute Gasteiger partial charge is 0.299 e. The van der Waals surface area contributed by atoms with Crippen LogP contribution in [0.3, 0.4) is 0 Å². The summed E-state index contributed by atoms with van der Waals surface area (Å²) >= 11 is 0. The summed E-state index contributed by atoms with van der Waals surface area (Å²) in [5.74, 6) is -0.713. The number of carbonyl (C=O) groups excluding carboxylic acids is 3. The molecule has 1 N–H and O–H groups in total. The third-order valence-electron chi connectivity index (χ3n) is 3.76. The fraction of sp³-hybridized carbons (Fsp3) is 0.357. The second-order valence-electron chi connectivity index (χ2n) is 4.98. The minimum absolute atomic E-state index is 0.0706. The first kappa shape index (κ1) is 11.9. The van der Waals surface area contributed by atoms with Gasteiger partial charge in [0.1, 0.15) is 6.04 Å². The summed E-state index contributed by atoms with van der Waals surface area (Å²) in [6.45, 7) is 1.96. The van der Waals surface area contributed by atoms with E-state index in [0.717, 1.165) is 16.8 Å². The van der Waals surface area contributed by atoms with Gasteiger partial charge in [0.05, 0.1) is 6.42 Å². The van der Waals surface area contributed by atoms with E-state index in [1.54, 1.807) is 4.90 Å². The molecule has 0 spiro atoms. The van der Waals surface area contributed by atoms with Crippen LogP contribution in [-0.2, 0) is 20.8 Å². The van der Waals surface area contributed by atoms with Crippen LogP contribution < -0.4 is 10.2 Å². The van der Waals surface area contributed by atoms with E-state index in [2.05, 4.69) is 5.32 Å². The zero-order valence-electron chi connectivity index (χ0n) is 10.6. The first-order valence-electron chi connectivity index (χ1n) is 6.32. The van der Waals surface area contributed by atoms with Gasteiger partial charge >= 0.3 is 0 Å². The van der Waals surface area contributed by atoms with Crippen molar-refractivity contribution in [3.63, 3.8) is 0 Å². The van der Waals surface area contributed by atoms with Gasteiger partial charge < -0.3 is 0 Å². The van der Waals surface area contributed by atoms with Gasteiger partial charge in [0, 0.05) is 12.1 Å². The maximum Gasteiger partial charge on any atom is 0.249 e. The number of nitrogens with zero attached hydrogens (tertiary/aromatic N) is 1. The number of aryl methyl sites for hydroxylation is 1. The molecule has 1 unspecified atom stereocenters. The minimum atomic E-state index is -0.562. The number of amides is 3. The van der Waals surface area contributed by atoms with Crippen LogP contribution in [0.1, 0.15) is 24.0 Å². The molecule has 5 heteroatoms. The van der Waals surface area contributed by atoms with Gasteiger partial charge in [-0.25, -0.2) is 0 Å². The van der Waals surface area contributed by atoms with Crippen LogP contribution in [0, 0.1) is 6.92 Å². The molecule has 3 amide bonds. The van der Waals surface area contributed by atoms with Gasteiger partial charge in [-0.3, -0.25) is 24.6 Å². The first-order valence-corrected chi connectivity index (χ1v) is 6.32. The van der Waals surface area contributed by atoms with E-state index < -0.39 is 6.04 Å². The van der Waals surface area contributed by atoms with Gasteiger partial charge in [0.15, 0.2) is 0 Å². The van der Waals surface area contributed by atoms with E-state index in [1.165, 1.54) is 0 Å². The number of carbonyl (C=O) groups is 3. The molecular weight excluding hydrogens is 244 g/mol. The number of benzene rings is 1. The highest BCUT2D eigenvalue weighted by molar-refractivity contribution is 6.10. The Kier molecular flexibility index (Phi) is 2.62. The average molecular weight is 258 g/mol. The molecule has 98 valence electrons. The maximum absolute atomic E-state index is 12.2. The van der Waals surface area contributed by atoms with Gasteiger partial charge in [-0.15, -0.1) is 0 Å². The molecule has 2 heterocycles. The van der Waals surface area contributed by atoms with Gasteiger partial charge in [-0.1, -0.05) is 12.1 Å². The van der Waals surface area contributed by atoms with Crippen molar-refractivity contribution in [1.29, 1.82) is 0 Å². The van der Waals surface area contributed by atoms with Crippen molar-refractivity contribution in [3.8, 4) is 0 Å². The molecule has 5 nitrogen and oxygen atoms in total. The third kappa shape index (κ3) is 1.82. The molecule has 1 fully saturated rings. The standard InChI is InChI=1S/C14H14N2O3/c1-8-3-2-4-10-9(8)7-13(18)16(10)11-5-6-12(17)15-14(11)19/h2-4,11H,5-7H2,1H3,(H,15,17,19). The maximum atomic E-state index is 12.2. The lowest BCUT2D eigenvalue weighted by atomic mass is 10.0. The number of hydrogen-bond donors (Lipinski definition) is 1. The lowest BCUT2D eigenvalue weighted by Crippen LogP contribution is -2.53. The summed E-state index contributed by atoms with van der Waals surface area (Å²) in [5.41, 5.74) is 2.84. The Labute approximate surface area is 110 Å². The van der Waals surface area contributed by atoms with Crippen LogP contribution in [0.25, 0.3) is 0 Å². The molecule has 1 saturated heterocycles. The fourth-order valence-corrected chi connectivity index (χ4v) is 2.78. The van der Waals surface area contributed by atoms with Crippen molar-refractivity contribution >= 4 is 23.4 Å². The Hall–Kier alpha value is -2.17. The Bertz CT molecular complexity index is 594. The molecule has 0 aromatic heterocycles. The number of piperidine rings is 1. The summed E-state index contributed by atoms with van der Waals surface area (Å²) < 4.78 is 0. The number of anilines is 1. The van der Waals surface area contributed by atoms with E-state index in [1.807, 2.05) is 25.1 Å². The van der Waals surface area contributed by atoms with E-state index in [4.69, 9.17) is 0 Å². The predicted octanol–water partition coefficient (Wildman–Crippen LogP) is 0.689. The molecule has 0 radical (unpaired) electrons. The van der Waals surface area contributed by atoms with Crippen LogP contribution in [-0.4, -0.2) is 23.8 Å². The zero-order chi connectivity index (χ0) is 13.6. The normalized spacial score (nSPS) is 22.5. The molecular formula is C14H14N2O3. The average Bonchev–Trinajstić information content (AvgIpc) is 2.68. The van der Waals surface area contributed by atoms with Gasteiger partial charge in [0.2, 0.25) is 17.7 Å². The Morgan fingerprint density at radius 3 is 2.79 bits per heavy atom. The number of rotatable bonds is 1. The van der Waals surface area contributed by atoms with Crippen molar-refractivity contribution < 1.29 is 14.4 Å². The van der Waals surface area contributed by atoms with E-state index in [-0.39, 0.29) is 24.1 Å². The Morgan fingerprint density at radius 2 is 2.05 bits per heavy atom. The SMILES string of the molecule is Cc1cccc2c1CC(=O)N2C1CCC(=O)NC1=O. The van der Waals surface area contributed by atoms with Crippen molar-refractivity contribution in [2.75, 3.05) is 4.90 Å². The Morgan fingerprint density at radius 1 is 1.26 bits per heavy atom. The monoisotopic (exact) mass is 258 g/mol. The molecule has 1 aromatic carbocycles. The molecule has 2 aliphatic heterocycles. The van der Waals surface area contributed by atoms with Gasteiger partial charge in [-0.2, -0.15) is 0 Å². The van der Waals surface area contributed by atoms with Gasteiger partial charge in [-0.05, 0) is 30.5 Å². The van der Waals surface area contributed by atoms with Crippen molar-refractivity contribution in [3.05, 3.63) is 29.3 Å². The number of hydrogen-bond acceptors (Lipinski definition) is 3. The molecule has 0 aliphatic carbocycles. The topological polar surface area (TPSA) is 66.5 Å². The highest BCUT2D eigenvalue weighted by Gasteiger charge is 2.39. The second kappa shape index (κ2) is 4.19. The zero-order valence-corrected chi connectivity index (χ0v) is 10.6. The van der Waals surface area contributed by atoms with Crippen molar-refractivity contribution in [2.24, 2.45) is 0 Å². The van der Waals surface area contributed by atoms with Crippen LogP contribution in [0.5, 0.6) is 0 Å².